The van der Waals surface area contributed by atoms with Crippen molar-refractivity contribution >= 4 is 0 Å². The SMILES string of the molecule is C=CC1=C(CCC)CCC2(C)C(C)CCC12. The van der Waals surface area contributed by atoms with Gasteiger partial charge in [0.25, 0.3) is 0 Å². The Morgan fingerprint density at radius 2 is 2.19 bits per heavy atom. The first-order valence-corrected chi connectivity index (χ1v) is 6.97. The Labute approximate surface area is 101 Å². The topological polar surface area (TPSA) is 0 Å². The summed E-state index contributed by atoms with van der Waals surface area (Å²) in [6, 6.07) is 0. The molecule has 0 aromatic carbocycles. The van der Waals surface area contributed by atoms with E-state index < -0.39 is 0 Å². The normalized spacial score (nSPS) is 38.7. The summed E-state index contributed by atoms with van der Waals surface area (Å²) < 4.78 is 0. The lowest BCUT2D eigenvalue weighted by Gasteiger charge is -2.41. The van der Waals surface area contributed by atoms with Crippen molar-refractivity contribution in [2.45, 2.75) is 59.3 Å². The summed E-state index contributed by atoms with van der Waals surface area (Å²) in [5.41, 5.74) is 3.91. The highest BCUT2D eigenvalue weighted by molar-refractivity contribution is 5.33. The molecule has 1 saturated carbocycles. The van der Waals surface area contributed by atoms with Gasteiger partial charge in [-0.3, -0.25) is 0 Å². The molecule has 0 saturated heterocycles. The van der Waals surface area contributed by atoms with Gasteiger partial charge in [0.15, 0.2) is 0 Å². The summed E-state index contributed by atoms with van der Waals surface area (Å²) in [5.74, 6) is 1.71. The minimum atomic E-state index is 0.570. The van der Waals surface area contributed by atoms with E-state index in [1.165, 1.54) is 38.5 Å². The fraction of sp³-hybridized carbons (Fsp3) is 0.750. The predicted molar refractivity (Wildman–Crippen MR) is 71.4 cm³/mol. The summed E-state index contributed by atoms with van der Waals surface area (Å²) in [6.07, 6.45) is 10.3. The number of allylic oxidation sites excluding steroid dienone is 3. The van der Waals surface area contributed by atoms with Crippen LogP contribution in [-0.2, 0) is 0 Å². The molecule has 0 nitrogen and oxygen atoms in total. The summed E-state index contributed by atoms with van der Waals surface area (Å²) in [6.45, 7) is 11.3. The maximum atomic E-state index is 4.08. The molecule has 2 aliphatic rings. The minimum absolute atomic E-state index is 0.570. The molecular formula is C16H26. The standard InChI is InChI=1S/C16H26/c1-5-7-13-10-11-16(4)12(3)8-9-15(16)14(13)6-2/h6,12,15H,2,5,7-11H2,1,3-4H3. The van der Waals surface area contributed by atoms with Gasteiger partial charge in [-0.25, -0.2) is 0 Å². The number of fused-ring (bicyclic) bond motifs is 1. The van der Waals surface area contributed by atoms with Gasteiger partial charge in [0.1, 0.15) is 0 Å². The third kappa shape index (κ3) is 1.67. The van der Waals surface area contributed by atoms with Gasteiger partial charge in [0, 0.05) is 0 Å². The first kappa shape index (κ1) is 12.0. The molecule has 2 aliphatic carbocycles. The smallest absolute Gasteiger partial charge is 0.0106 e. The maximum absolute atomic E-state index is 4.08. The quantitative estimate of drug-likeness (QED) is 0.617. The summed E-state index contributed by atoms with van der Waals surface area (Å²) in [7, 11) is 0. The Balaban J connectivity index is 2.33. The van der Waals surface area contributed by atoms with Crippen molar-refractivity contribution in [3.05, 3.63) is 23.8 Å². The molecule has 0 aromatic rings. The van der Waals surface area contributed by atoms with Crippen LogP contribution in [0.15, 0.2) is 23.8 Å². The molecule has 0 N–H and O–H groups in total. The lowest BCUT2D eigenvalue weighted by Crippen LogP contribution is -2.32. The van der Waals surface area contributed by atoms with Gasteiger partial charge in [0.2, 0.25) is 0 Å². The third-order valence-corrected chi connectivity index (χ3v) is 5.33. The van der Waals surface area contributed by atoms with Crippen molar-refractivity contribution in [3.63, 3.8) is 0 Å². The zero-order chi connectivity index (χ0) is 11.8. The van der Waals surface area contributed by atoms with Crippen molar-refractivity contribution in [2.24, 2.45) is 17.3 Å². The van der Waals surface area contributed by atoms with Crippen molar-refractivity contribution < 1.29 is 0 Å². The van der Waals surface area contributed by atoms with Crippen LogP contribution in [0.5, 0.6) is 0 Å². The van der Waals surface area contributed by atoms with E-state index in [1.807, 2.05) is 0 Å². The molecule has 3 atom stereocenters. The van der Waals surface area contributed by atoms with Crippen LogP contribution in [0.2, 0.25) is 0 Å². The monoisotopic (exact) mass is 218 g/mol. The zero-order valence-corrected chi connectivity index (χ0v) is 11.2. The van der Waals surface area contributed by atoms with Crippen LogP contribution in [0.1, 0.15) is 59.3 Å². The summed E-state index contributed by atoms with van der Waals surface area (Å²) >= 11 is 0. The van der Waals surface area contributed by atoms with Crippen LogP contribution in [-0.4, -0.2) is 0 Å². The van der Waals surface area contributed by atoms with Crippen molar-refractivity contribution in [1.29, 1.82) is 0 Å². The molecule has 0 aromatic heterocycles. The van der Waals surface area contributed by atoms with Crippen molar-refractivity contribution in [3.8, 4) is 0 Å². The van der Waals surface area contributed by atoms with Crippen LogP contribution < -0.4 is 0 Å². The average Bonchev–Trinajstić information content (AvgIpc) is 2.57. The van der Waals surface area contributed by atoms with Crippen molar-refractivity contribution in [1.82, 2.24) is 0 Å². The molecule has 2 rings (SSSR count). The van der Waals surface area contributed by atoms with Gasteiger partial charge in [-0.1, -0.05) is 45.4 Å². The summed E-state index contributed by atoms with van der Waals surface area (Å²) in [5, 5.41) is 0. The molecule has 16 heavy (non-hydrogen) atoms. The second-order valence-electron chi connectivity index (χ2n) is 6.05. The predicted octanol–water partition coefficient (Wildman–Crippen LogP) is 5.12. The van der Waals surface area contributed by atoms with Crippen LogP contribution in [0, 0.1) is 17.3 Å². The van der Waals surface area contributed by atoms with Crippen LogP contribution in [0.4, 0.5) is 0 Å². The van der Waals surface area contributed by atoms with E-state index in [0.717, 1.165) is 11.8 Å². The number of hydrogen-bond donors (Lipinski definition) is 0. The van der Waals surface area contributed by atoms with Gasteiger partial charge in [-0.15, -0.1) is 0 Å². The van der Waals surface area contributed by atoms with Gasteiger partial charge in [-0.05, 0) is 54.9 Å². The second kappa shape index (κ2) is 4.39. The fourth-order valence-corrected chi connectivity index (χ4v) is 4.02. The van der Waals surface area contributed by atoms with E-state index in [-0.39, 0.29) is 0 Å². The Bertz CT molecular complexity index is 310. The molecule has 0 spiro atoms. The van der Waals surface area contributed by atoms with Gasteiger partial charge < -0.3 is 0 Å². The molecule has 0 aliphatic heterocycles. The number of rotatable bonds is 3. The highest BCUT2D eigenvalue weighted by Gasteiger charge is 2.47. The lowest BCUT2D eigenvalue weighted by molar-refractivity contribution is 0.164. The Morgan fingerprint density at radius 3 is 2.81 bits per heavy atom. The molecule has 0 amide bonds. The van der Waals surface area contributed by atoms with E-state index in [4.69, 9.17) is 0 Å². The van der Waals surface area contributed by atoms with Crippen LogP contribution in [0.3, 0.4) is 0 Å². The molecule has 3 unspecified atom stereocenters. The first-order chi connectivity index (χ1) is 7.63. The molecule has 90 valence electrons. The van der Waals surface area contributed by atoms with Gasteiger partial charge >= 0.3 is 0 Å². The highest BCUT2D eigenvalue weighted by atomic mass is 14.5. The molecule has 0 radical (unpaired) electrons. The van der Waals surface area contributed by atoms with Gasteiger partial charge in [0.05, 0.1) is 0 Å². The van der Waals surface area contributed by atoms with E-state index in [0.29, 0.717) is 5.41 Å². The van der Waals surface area contributed by atoms with E-state index in [1.54, 1.807) is 11.1 Å². The second-order valence-corrected chi connectivity index (χ2v) is 6.05. The van der Waals surface area contributed by atoms with E-state index in [2.05, 4.69) is 33.4 Å². The average molecular weight is 218 g/mol. The summed E-state index contributed by atoms with van der Waals surface area (Å²) in [4.78, 5) is 0. The maximum Gasteiger partial charge on any atom is -0.0106 e. The van der Waals surface area contributed by atoms with E-state index in [9.17, 15) is 0 Å². The Morgan fingerprint density at radius 1 is 1.44 bits per heavy atom. The van der Waals surface area contributed by atoms with Crippen LogP contribution in [0.25, 0.3) is 0 Å². The Hall–Kier alpha value is -0.520. The largest absolute Gasteiger partial charge is 0.0988 e. The lowest BCUT2D eigenvalue weighted by atomic mass is 9.63. The molecule has 0 heteroatoms. The highest BCUT2D eigenvalue weighted by Crippen LogP contribution is 2.57. The molecule has 0 heterocycles. The van der Waals surface area contributed by atoms with E-state index >= 15 is 0 Å². The van der Waals surface area contributed by atoms with Gasteiger partial charge in [-0.2, -0.15) is 0 Å². The molecular weight excluding hydrogens is 192 g/mol. The minimum Gasteiger partial charge on any atom is -0.0988 e. The Kier molecular flexibility index (Phi) is 3.28. The molecule has 1 fully saturated rings. The fourth-order valence-electron chi connectivity index (χ4n) is 4.02. The zero-order valence-electron chi connectivity index (χ0n) is 11.2. The van der Waals surface area contributed by atoms with Crippen LogP contribution >= 0.6 is 0 Å². The first-order valence-electron chi connectivity index (χ1n) is 6.97. The molecule has 0 bridgehead atoms. The number of hydrogen-bond acceptors (Lipinski definition) is 0. The third-order valence-electron chi connectivity index (χ3n) is 5.33. The van der Waals surface area contributed by atoms with Crippen molar-refractivity contribution in [2.75, 3.05) is 0 Å².